The first-order chi connectivity index (χ1) is 16.5. The Morgan fingerprint density at radius 3 is 2.06 bits per heavy atom. The van der Waals surface area contributed by atoms with Gasteiger partial charge in [0.05, 0.1) is 0 Å². The number of rotatable bonds is 7. The van der Waals surface area contributed by atoms with E-state index in [1.165, 1.54) is 0 Å². The molecule has 0 saturated carbocycles. The first-order valence-electron chi connectivity index (χ1n) is 11.3. The number of hydrogen-bond donors (Lipinski definition) is 2. The normalized spacial score (nSPS) is 14.3. The van der Waals surface area contributed by atoms with E-state index in [4.69, 9.17) is 10.5 Å². The number of aliphatic carboxylic acids is 1. The lowest BCUT2D eigenvalue weighted by Gasteiger charge is -2.21. The summed E-state index contributed by atoms with van der Waals surface area (Å²) in [5.41, 5.74) is 11.5. The van der Waals surface area contributed by atoms with E-state index in [9.17, 15) is 14.7 Å². The van der Waals surface area contributed by atoms with Crippen LogP contribution in [-0.2, 0) is 20.7 Å². The van der Waals surface area contributed by atoms with Crippen LogP contribution in [0, 0.1) is 5.92 Å². The highest BCUT2D eigenvalue weighted by atomic mass is 16.5. The molecule has 0 bridgehead atoms. The average molecular weight is 452 g/mol. The maximum absolute atomic E-state index is 12.9. The predicted octanol–water partition coefficient (Wildman–Crippen LogP) is 4.77. The minimum atomic E-state index is -1.45. The van der Waals surface area contributed by atoms with Gasteiger partial charge in [0.1, 0.15) is 6.61 Å². The molecular formula is C29H25NO4. The number of nitrogens with two attached hydrogens (primary N) is 1. The molecule has 34 heavy (non-hydrogen) atoms. The predicted molar refractivity (Wildman–Crippen MR) is 131 cm³/mol. The Kier molecular flexibility index (Phi) is 5.86. The van der Waals surface area contributed by atoms with Crippen LogP contribution in [0.2, 0.25) is 0 Å². The Labute approximate surface area is 197 Å². The third-order valence-corrected chi connectivity index (χ3v) is 6.59. The quantitative estimate of drug-likeness (QED) is 0.312. The molecule has 4 aromatic rings. The standard InChI is InChI=1S/C29H25NO4/c30-26(16-18-13-14-19-7-1-2-8-20(19)15-18)27(28(31)32)29(33)34-17-25-23-11-5-3-9-21(23)22-10-4-6-12-24(22)25/h1-15,25-27H,16-17,30H2,(H,31,32)/t26-,27+/m1/s1. The molecule has 0 fully saturated rings. The van der Waals surface area contributed by atoms with Crippen LogP contribution in [0.1, 0.15) is 22.6 Å². The minimum Gasteiger partial charge on any atom is -0.481 e. The van der Waals surface area contributed by atoms with Crippen molar-refractivity contribution in [1.82, 2.24) is 0 Å². The van der Waals surface area contributed by atoms with Crippen LogP contribution in [0.4, 0.5) is 0 Å². The van der Waals surface area contributed by atoms with Gasteiger partial charge < -0.3 is 15.6 Å². The van der Waals surface area contributed by atoms with Crippen LogP contribution in [-0.4, -0.2) is 29.7 Å². The van der Waals surface area contributed by atoms with Crippen molar-refractivity contribution in [3.63, 3.8) is 0 Å². The number of carbonyl (C=O) groups is 2. The number of hydrogen-bond acceptors (Lipinski definition) is 4. The van der Waals surface area contributed by atoms with E-state index < -0.39 is 23.9 Å². The summed E-state index contributed by atoms with van der Waals surface area (Å²) in [6.45, 7) is 0.0688. The van der Waals surface area contributed by atoms with Crippen LogP contribution in [0.25, 0.3) is 21.9 Å². The monoisotopic (exact) mass is 451 g/mol. The summed E-state index contributed by atoms with van der Waals surface area (Å²) in [5, 5.41) is 11.9. The number of esters is 1. The smallest absolute Gasteiger partial charge is 0.321 e. The highest BCUT2D eigenvalue weighted by molar-refractivity contribution is 5.95. The minimum absolute atomic E-state index is 0.0688. The number of fused-ring (bicyclic) bond motifs is 4. The van der Waals surface area contributed by atoms with Crippen molar-refractivity contribution in [2.75, 3.05) is 6.61 Å². The van der Waals surface area contributed by atoms with Gasteiger partial charge in [0.2, 0.25) is 0 Å². The van der Waals surface area contributed by atoms with Crippen molar-refractivity contribution in [3.05, 3.63) is 108 Å². The Balaban J connectivity index is 1.31. The van der Waals surface area contributed by atoms with Gasteiger partial charge in [-0.05, 0) is 45.0 Å². The van der Waals surface area contributed by atoms with Gasteiger partial charge in [-0.2, -0.15) is 0 Å². The molecule has 1 aliphatic carbocycles. The van der Waals surface area contributed by atoms with Crippen LogP contribution in [0.15, 0.2) is 91.0 Å². The molecule has 5 heteroatoms. The van der Waals surface area contributed by atoms with E-state index >= 15 is 0 Å². The molecule has 0 aromatic heterocycles. The van der Waals surface area contributed by atoms with Crippen LogP contribution in [0.5, 0.6) is 0 Å². The topological polar surface area (TPSA) is 89.6 Å². The summed E-state index contributed by atoms with van der Waals surface area (Å²) in [6.07, 6.45) is 0.256. The van der Waals surface area contributed by atoms with E-state index in [2.05, 4.69) is 12.1 Å². The maximum atomic E-state index is 12.9. The molecule has 170 valence electrons. The van der Waals surface area contributed by atoms with Gasteiger partial charge in [0, 0.05) is 12.0 Å². The highest BCUT2D eigenvalue weighted by Crippen LogP contribution is 2.44. The van der Waals surface area contributed by atoms with Gasteiger partial charge in [-0.3, -0.25) is 9.59 Å². The fourth-order valence-corrected chi connectivity index (χ4v) is 4.91. The van der Waals surface area contributed by atoms with Crippen molar-refractivity contribution in [3.8, 4) is 11.1 Å². The van der Waals surface area contributed by atoms with Crippen molar-refractivity contribution < 1.29 is 19.4 Å². The summed E-state index contributed by atoms with van der Waals surface area (Å²) < 4.78 is 5.59. The van der Waals surface area contributed by atoms with Gasteiger partial charge in [-0.1, -0.05) is 91.0 Å². The van der Waals surface area contributed by atoms with Gasteiger partial charge in [-0.25, -0.2) is 0 Å². The second-order valence-electron chi connectivity index (χ2n) is 8.72. The summed E-state index contributed by atoms with van der Waals surface area (Å²) in [4.78, 5) is 24.9. The van der Waals surface area contributed by atoms with Crippen molar-refractivity contribution in [1.29, 1.82) is 0 Å². The molecule has 0 heterocycles. The fraction of sp³-hybridized carbons (Fsp3) is 0.172. The SMILES string of the molecule is N[C@H](Cc1ccc2ccccc2c1)[C@@H](C(=O)O)C(=O)OCC1c2ccccc2-c2ccccc21. The lowest BCUT2D eigenvalue weighted by atomic mass is 9.93. The Morgan fingerprint density at radius 1 is 0.824 bits per heavy atom. The lowest BCUT2D eigenvalue weighted by Crippen LogP contribution is -2.43. The van der Waals surface area contributed by atoms with E-state index in [0.29, 0.717) is 0 Å². The second kappa shape index (κ2) is 9.12. The Bertz CT molecular complexity index is 1330. The summed E-state index contributed by atoms with van der Waals surface area (Å²) in [5.74, 6) is -3.66. The molecule has 0 amide bonds. The average Bonchev–Trinajstić information content (AvgIpc) is 3.16. The molecule has 0 unspecified atom stereocenters. The molecule has 1 aliphatic rings. The van der Waals surface area contributed by atoms with Gasteiger partial charge in [-0.15, -0.1) is 0 Å². The maximum Gasteiger partial charge on any atom is 0.321 e. The first-order valence-corrected chi connectivity index (χ1v) is 11.3. The van der Waals surface area contributed by atoms with E-state index in [1.54, 1.807) is 0 Å². The zero-order valence-electron chi connectivity index (χ0n) is 18.6. The highest BCUT2D eigenvalue weighted by Gasteiger charge is 2.36. The molecule has 5 nitrogen and oxygen atoms in total. The van der Waals surface area contributed by atoms with Gasteiger partial charge in [0.25, 0.3) is 0 Å². The molecule has 0 spiro atoms. The number of carboxylic acids is 1. The van der Waals surface area contributed by atoms with E-state index in [1.807, 2.05) is 78.9 Å². The molecule has 3 N–H and O–H groups in total. The van der Waals surface area contributed by atoms with Gasteiger partial charge >= 0.3 is 11.9 Å². The summed E-state index contributed by atoms with van der Waals surface area (Å²) in [7, 11) is 0. The van der Waals surface area contributed by atoms with Gasteiger partial charge in [0.15, 0.2) is 5.92 Å². The second-order valence-corrected chi connectivity index (χ2v) is 8.72. The molecule has 4 aromatic carbocycles. The first kappa shape index (κ1) is 21.9. The molecule has 0 saturated heterocycles. The lowest BCUT2D eigenvalue weighted by molar-refractivity contribution is -0.159. The Hall–Kier alpha value is -3.96. The number of ether oxygens (including phenoxy) is 1. The molecule has 0 radical (unpaired) electrons. The van der Waals surface area contributed by atoms with Crippen LogP contribution >= 0.6 is 0 Å². The zero-order chi connectivity index (χ0) is 23.7. The molecule has 2 atom stereocenters. The number of carbonyl (C=O) groups excluding carboxylic acids is 1. The van der Waals surface area contributed by atoms with Crippen LogP contribution < -0.4 is 5.73 Å². The third-order valence-electron chi connectivity index (χ3n) is 6.59. The van der Waals surface area contributed by atoms with E-state index in [-0.39, 0.29) is 18.9 Å². The summed E-state index contributed by atoms with van der Waals surface area (Å²) >= 11 is 0. The van der Waals surface area contributed by atoms with Crippen LogP contribution in [0.3, 0.4) is 0 Å². The van der Waals surface area contributed by atoms with E-state index in [0.717, 1.165) is 38.6 Å². The Morgan fingerprint density at radius 2 is 1.41 bits per heavy atom. The summed E-state index contributed by atoms with van der Waals surface area (Å²) in [6, 6.07) is 28.9. The molecular weight excluding hydrogens is 426 g/mol. The molecule has 0 aliphatic heterocycles. The van der Waals surface area contributed by atoms with Crippen molar-refractivity contribution >= 4 is 22.7 Å². The number of benzene rings is 4. The third kappa shape index (κ3) is 4.06. The van der Waals surface area contributed by atoms with Crippen molar-refractivity contribution in [2.45, 2.75) is 18.4 Å². The largest absolute Gasteiger partial charge is 0.481 e. The zero-order valence-corrected chi connectivity index (χ0v) is 18.6. The number of carboxylic acid groups (broad SMARTS) is 1. The van der Waals surface area contributed by atoms with Crippen molar-refractivity contribution in [2.24, 2.45) is 11.7 Å². The fourth-order valence-electron chi connectivity index (χ4n) is 4.91. The molecule has 5 rings (SSSR count).